The van der Waals surface area contributed by atoms with E-state index in [0.717, 1.165) is 18.2 Å². The summed E-state index contributed by atoms with van der Waals surface area (Å²) in [4.78, 5) is 43.6. The number of carbonyl (C=O) groups excluding carboxylic acids is 2. The first-order valence-electron chi connectivity index (χ1n) is 6.13. The molecule has 0 heterocycles. The van der Waals surface area contributed by atoms with Crippen LogP contribution in [0.25, 0.3) is 0 Å². The molecule has 8 nitrogen and oxygen atoms in total. The number of nitro benzene ring substituents is 2. The predicted octanol–water partition coefficient (Wildman–Crippen LogP) is 2.64. The third-order valence-electron chi connectivity index (χ3n) is 2.86. The van der Waals surface area contributed by atoms with Gasteiger partial charge in [0.2, 0.25) is 12.0 Å². The van der Waals surface area contributed by atoms with Crippen LogP contribution in [0.4, 0.5) is 15.8 Å². The largest absolute Gasteiger partial charge is 0.295 e. The molecule has 0 fully saturated rings. The molecular weight excluding hydrogens is 299 g/mol. The number of hydrogen-bond donors (Lipinski definition) is 0. The Hall–Kier alpha value is -2.71. The summed E-state index contributed by atoms with van der Waals surface area (Å²) in [6.45, 7) is 4.09. The standard InChI is InChI=1S/C13H13FN2O6/c1-13(2,3)12(18)10(14)11(17)9-7(15(19)20)5-4-6-8(9)16(21)22/h4-6,10H,1-3H3. The second-order valence-corrected chi connectivity index (χ2v) is 5.53. The summed E-state index contributed by atoms with van der Waals surface area (Å²) in [5, 5.41) is 21.8. The van der Waals surface area contributed by atoms with Crippen LogP contribution in [0.15, 0.2) is 18.2 Å². The van der Waals surface area contributed by atoms with Crippen molar-refractivity contribution >= 4 is 22.9 Å². The Balaban J connectivity index is 3.48. The van der Waals surface area contributed by atoms with E-state index in [0.29, 0.717) is 0 Å². The van der Waals surface area contributed by atoms with Gasteiger partial charge in [-0.15, -0.1) is 0 Å². The topological polar surface area (TPSA) is 120 Å². The molecule has 22 heavy (non-hydrogen) atoms. The van der Waals surface area contributed by atoms with Crippen LogP contribution in [-0.4, -0.2) is 27.6 Å². The van der Waals surface area contributed by atoms with Gasteiger partial charge in [-0.3, -0.25) is 29.8 Å². The molecule has 1 aromatic rings. The first-order valence-corrected chi connectivity index (χ1v) is 6.13. The summed E-state index contributed by atoms with van der Waals surface area (Å²) in [7, 11) is 0. The van der Waals surface area contributed by atoms with Crippen LogP contribution in [0.3, 0.4) is 0 Å². The van der Waals surface area contributed by atoms with Gasteiger partial charge in [0.25, 0.3) is 11.4 Å². The van der Waals surface area contributed by atoms with Gasteiger partial charge in [-0.05, 0) is 6.07 Å². The molecule has 118 valence electrons. The highest BCUT2D eigenvalue weighted by Gasteiger charge is 2.41. The van der Waals surface area contributed by atoms with Gasteiger partial charge in [0, 0.05) is 17.5 Å². The van der Waals surface area contributed by atoms with Crippen molar-refractivity contribution in [3.05, 3.63) is 44.0 Å². The lowest BCUT2D eigenvalue weighted by Crippen LogP contribution is -2.35. The highest BCUT2D eigenvalue weighted by Crippen LogP contribution is 2.31. The number of Topliss-reactive ketones (excluding diaryl/α,β-unsaturated/α-hetero) is 2. The minimum absolute atomic E-state index is 0.842. The van der Waals surface area contributed by atoms with Gasteiger partial charge >= 0.3 is 0 Å². The number of carbonyl (C=O) groups is 2. The zero-order valence-corrected chi connectivity index (χ0v) is 12.0. The summed E-state index contributed by atoms with van der Waals surface area (Å²) in [5.74, 6) is -2.69. The van der Waals surface area contributed by atoms with Gasteiger partial charge in [-0.1, -0.05) is 20.8 Å². The van der Waals surface area contributed by atoms with E-state index in [-0.39, 0.29) is 0 Å². The predicted molar refractivity (Wildman–Crippen MR) is 73.4 cm³/mol. The summed E-state index contributed by atoms with van der Waals surface area (Å²) in [6.07, 6.45) is -2.71. The Morgan fingerprint density at radius 1 is 1.09 bits per heavy atom. The molecular formula is C13H13FN2O6. The summed E-state index contributed by atoms with van der Waals surface area (Å²) in [5.41, 5.74) is -4.05. The van der Waals surface area contributed by atoms with Gasteiger partial charge < -0.3 is 0 Å². The maximum absolute atomic E-state index is 14.1. The summed E-state index contributed by atoms with van der Waals surface area (Å²) >= 11 is 0. The molecule has 9 heteroatoms. The van der Waals surface area contributed by atoms with E-state index in [4.69, 9.17) is 0 Å². The van der Waals surface area contributed by atoms with Crippen molar-refractivity contribution in [3.8, 4) is 0 Å². The molecule has 0 saturated carbocycles. The highest BCUT2D eigenvalue weighted by atomic mass is 19.1. The van der Waals surface area contributed by atoms with E-state index in [1.807, 2.05) is 0 Å². The molecule has 1 aromatic carbocycles. The lowest BCUT2D eigenvalue weighted by molar-refractivity contribution is -0.394. The van der Waals surface area contributed by atoms with Crippen LogP contribution in [-0.2, 0) is 4.79 Å². The van der Waals surface area contributed by atoms with Crippen molar-refractivity contribution < 1.29 is 23.8 Å². The SMILES string of the molecule is CC(C)(C)C(=O)C(F)C(=O)c1c([N+](=O)[O-])cccc1[N+](=O)[O-]. The third kappa shape index (κ3) is 3.30. The fourth-order valence-electron chi connectivity index (χ4n) is 1.71. The van der Waals surface area contributed by atoms with Gasteiger partial charge in [0.1, 0.15) is 0 Å². The minimum Gasteiger partial charge on any atom is -0.295 e. The van der Waals surface area contributed by atoms with Gasteiger partial charge in [0.15, 0.2) is 11.3 Å². The van der Waals surface area contributed by atoms with Crippen molar-refractivity contribution in [3.63, 3.8) is 0 Å². The molecule has 0 aliphatic rings. The van der Waals surface area contributed by atoms with Gasteiger partial charge in [-0.25, -0.2) is 4.39 Å². The van der Waals surface area contributed by atoms with E-state index in [1.54, 1.807) is 0 Å². The van der Waals surface area contributed by atoms with Crippen LogP contribution in [0.1, 0.15) is 31.1 Å². The van der Waals surface area contributed by atoms with E-state index >= 15 is 0 Å². The Morgan fingerprint density at radius 3 is 1.82 bits per heavy atom. The normalized spacial score (nSPS) is 12.5. The van der Waals surface area contributed by atoms with Crippen LogP contribution in [0.5, 0.6) is 0 Å². The number of nitro groups is 2. The van der Waals surface area contributed by atoms with Crippen molar-refractivity contribution in [2.75, 3.05) is 0 Å². The van der Waals surface area contributed by atoms with Gasteiger partial charge in [-0.2, -0.15) is 0 Å². The van der Waals surface area contributed by atoms with E-state index in [9.17, 15) is 34.2 Å². The lowest BCUT2D eigenvalue weighted by Gasteiger charge is -2.18. The molecule has 1 rings (SSSR count). The number of halogens is 1. The van der Waals surface area contributed by atoms with Crippen LogP contribution in [0, 0.1) is 25.6 Å². The molecule has 0 amide bonds. The molecule has 1 atom stereocenters. The lowest BCUT2D eigenvalue weighted by atomic mass is 9.85. The minimum atomic E-state index is -2.71. The zero-order valence-electron chi connectivity index (χ0n) is 12.0. The molecule has 0 radical (unpaired) electrons. The number of alkyl halides is 1. The number of nitrogens with zero attached hydrogens (tertiary/aromatic N) is 2. The molecule has 0 spiro atoms. The second-order valence-electron chi connectivity index (χ2n) is 5.53. The number of hydrogen-bond acceptors (Lipinski definition) is 6. The Kier molecular flexibility index (Phi) is 4.70. The van der Waals surface area contributed by atoms with Crippen LogP contribution < -0.4 is 0 Å². The number of benzene rings is 1. The summed E-state index contributed by atoms with van der Waals surface area (Å²) in [6, 6.07) is 2.69. The maximum Gasteiger partial charge on any atom is 0.287 e. The molecule has 0 aliphatic carbocycles. The molecule has 0 aliphatic heterocycles. The van der Waals surface area contributed by atoms with Crippen molar-refractivity contribution in [1.29, 1.82) is 0 Å². The Morgan fingerprint density at radius 2 is 1.50 bits per heavy atom. The fourth-order valence-corrected chi connectivity index (χ4v) is 1.71. The zero-order chi connectivity index (χ0) is 17.2. The molecule has 0 bridgehead atoms. The van der Waals surface area contributed by atoms with Crippen molar-refractivity contribution in [2.45, 2.75) is 26.9 Å². The number of rotatable bonds is 5. The van der Waals surface area contributed by atoms with Gasteiger partial charge in [0.05, 0.1) is 9.85 Å². The highest BCUT2D eigenvalue weighted by molar-refractivity contribution is 6.17. The maximum atomic E-state index is 14.1. The van der Waals surface area contributed by atoms with E-state index in [2.05, 4.69) is 0 Å². The molecule has 0 saturated heterocycles. The number of ketones is 2. The second kappa shape index (κ2) is 5.96. The monoisotopic (exact) mass is 312 g/mol. The summed E-state index contributed by atoms with van der Waals surface area (Å²) < 4.78 is 14.1. The Bertz CT molecular complexity index is 633. The van der Waals surface area contributed by atoms with E-state index in [1.165, 1.54) is 20.8 Å². The van der Waals surface area contributed by atoms with Crippen molar-refractivity contribution in [2.24, 2.45) is 5.41 Å². The van der Waals surface area contributed by atoms with Crippen molar-refractivity contribution in [1.82, 2.24) is 0 Å². The smallest absolute Gasteiger partial charge is 0.287 e. The average molecular weight is 312 g/mol. The van der Waals surface area contributed by atoms with Crippen LogP contribution >= 0.6 is 0 Å². The first kappa shape index (κ1) is 17.3. The fraction of sp³-hybridized carbons (Fsp3) is 0.385. The quantitative estimate of drug-likeness (QED) is 0.356. The van der Waals surface area contributed by atoms with E-state index < -0.39 is 49.9 Å². The molecule has 0 aromatic heterocycles. The molecule has 1 unspecified atom stereocenters. The molecule has 0 N–H and O–H groups in total. The Labute approximate surface area is 124 Å². The third-order valence-corrected chi connectivity index (χ3v) is 2.86. The average Bonchev–Trinajstić information content (AvgIpc) is 2.42. The first-order chi connectivity index (χ1) is 9.98. The van der Waals surface area contributed by atoms with Crippen LogP contribution in [0.2, 0.25) is 0 Å².